The number of hydrogen-bond acceptors (Lipinski definition) is 0. The minimum Gasteiger partial charge on any atom is -1.00 e. The van der Waals surface area contributed by atoms with Gasteiger partial charge in [-0.25, -0.2) is 0 Å². The lowest BCUT2D eigenvalue weighted by Gasteiger charge is -1.92. The van der Waals surface area contributed by atoms with E-state index < -0.39 is 0 Å². The van der Waals surface area contributed by atoms with Gasteiger partial charge in [0.1, 0.15) is 0 Å². The quantitative estimate of drug-likeness (QED) is 0.465. The third-order valence-electron chi connectivity index (χ3n) is 1.77. The second-order valence-corrected chi connectivity index (χ2v) is 2.62. The summed E-state index contributed by atoms with van der Waals surface area (Å²) in [5.41, 5.74) is 1.19. The smallest absolute Gasteiger partial charge is 0.210 e. The van der Waals surface area contributed by atoms with Crippen LogP contribution in [0.3, 0.4) is 0 Å². The van der Waals surface area contributed by atoms with Crippen LogP contribution < -0.4 is 28.5 Å². The Hall–Kier alpha value is -0.900. The van der Waals surface area contributed by atoms with Crippen molar-refractivity contribution in [3.63, 3.8) is 0 Å². The predicted octanol–water partition coefficient (Wildman–Crippen LogP) is -1.03. The van der Waals surface area contributed by atoms with E-state index in [0.29, 0.717) is 0 Å². The number of nitrogens with zero attached hydrogens (tertiary/aromatic N) is 1. The molecular formula is C11H10IN. The second-order valence-electron chi connectivity index (χ2n) is 2.62. The summed E-state index contributed by atoms with van der Waals surface area (Å²) in [5, 5.41) is 0. The number of rotatable bonds is 1. The van der Waals surface area contributed by atoms with Gasteiger partial charge in [-0.2, -0.15) is 4.57 Å². The number of pyridine rings is 1. The first-order valence-electron chi connectivity index (χ1n) is 3.98. The van der Waals surface area contributed by atoms with E-state index >= 15 is 0 Å². The molecule has 0 atom stereocenters. The molecule has 1 aromatic heterocycles. The van der Waals surface area contributed by atoms with Crippen molar-refractivity contribution in [2.75, 3.05) is 0 Å². The number of halogens is 1. The van der Waals surface area contributed by atoms with E-state index in [-0.39, 0.29) is 24.0 Å². The van der Waals surface area contributed by atoms with E-state index in [1.165, 1.54) is 5.69 Å². The lowest BCUT2D eigenvalue weighted by atomic mass is 10.3. The van der Waals surface area contributed by atoms with Crippen molar-refractivity contribution < 1.29 is 28.5 Å². The molecule has 0 aliphatic carbocycles. The Morgan fingerprint density at radius 2 is 1.23 bits per heavy atom. The van der Waals surface area contributed by atoms with Crippen molar-refractivity contribution in [2.24, 2.45) is 0 Å². The van der Waals surface area contributed by atoms with E-state index in [1.807, 2.05) is 48.8 Å². The number of benzene rings is 1. The molecule has 0 bridgehead atoms. The minimum absolute atomic E-state index is 0. The summed E-state index contributed by atoms with van der Waals surface area (Å²) in [6.45, 7) is 0. The van der Waals surface area contributed by atoms with E-state index in [4.69, 9.17) is 0 Å². The Labute approximate surface area is 95.1 Å². The van der Waals surface area contributed by atoms with Crippen LogP contribution in [0.25, 0.3) is 5.69 Å². The van der Waals surface area contributed by atoms with Gasteiger partial charge >= 0.3 is 0 Å². The fourth-order valence-corrected chi connectivity index (χ4v) is 1.17. The highest BCUT2D eigenvalue weighted by atomic mass is 127. The first-order chi connectivity index (χ1) is 5.97. The highest BCUT2D eigenvalue weighted by Gasteiger charge is 1.99. The molecule has 0 saturated carbocycles. The fraction of sp³-hybridized carbons (Fsp3) is 0. The van der Waals surface area contributed by atoms with E-state index in [2.05, 4.69) is 16.7 Å². The second kappa shape index (κ2) is 4.97. The van der Waals surface area contributed by atoms with Gasteiger partial charge in [0.15, 0.2) is 12.4 Å². The molecule has 1 nitrogen and oxygen atoms in total. The molecule has 66 valence electrons. The van der Waals surface area contributed by atoms with E-state index in [9.17, 15) is 0 Å². The molecule has 0 spiro atoms. The Morgan fingerprint density at radius 3 is 1.85 bits per heavy atom. The summed E-state index contributed by atoms with van der Waals surface area (Å²) in [6, 6.07) is 16.3. The molecule has 13 heavy (non-hydrogen) atoms. The SMILES string of the molecule is [I-].c1ccc(-[n+]2ccccc2)cc1. The Morgan fingerprint density at radius 1 is 0.692 bits per heavy atom. The molecule has 0 aliphatic rings. The molecule has 0 radical (unpaired) electrons. The van der Waals surface area contributed by atoms with Gasteiger partial charge in [0.05, 0.1) is 0 Å². The van der Waals surface area contributed by atoms with Gasteiger partial charge in [-0.1, -0.05) is 24.3 Å². The first-order valence-corrected chi connectivity index (χ1v) is 3.98. The molecule has 2 aromatic rings. The molecule has 0 N–H and O–H groups in total. The van der Waals surface area contributed by atoms with Gasteiger partial charge in [0.25, 0.3) is 0 Å². The highest BCUT2D eigenvalue weighted by molar-refractivity contribution is 5.21. The average Bonchev–Trinajstić information content (AvgIpc) is 2.21. The summed E-state index contributed by atoms with van der Waals surface area (Å²) in [5.74, 6) is 0. The normalized spacial score (nSPS) is 8.92. The lowest BCUT2D eigenvalue weighted by Crippen LogP contribution is -3.00. The minimum atomic E-state index is 0. The highest BCUT2D eigenvalue weighted by Crippen LogP contribution is 1.96. The van der Waals surface area contributed by atoms with Crippen LogP contribution >= 0.6 is 0 Å². The largest absolute Gasteiger partial charge is 1.00 e. The number of para-hydroxylation sites is 1. The van der Waals surface area contributed by atoms with E-state index in [0.717, 1.165) is 0 Å². The number of aromatic nitrogens is 1. The molecule has 0 saturated heterocycles. The fourth-order valence-electron chi connectivity index (χ4n) is 1.17. The van der Waals surface area contributed by atoms with Crippen molar-refractivity contribution >= 4 is 0 Å². The van der Waals surface area contributed by atoms with E-state index in [1.54, 1.807) is 0 Å². The maximum Gasteiger partial charge on any atom is 0.210 e. The third kappa shape index (κ3) is 2.52. The Kier molecular flexibility index (Phi) is 3.89. The molecule has 2 heteroatoms. The van der Waals surface area contributed by atoms with Crippen molar-refractivity contribution in [1.82, 2.24) is 0 Å². The Balaban J connectivity index is 0.000000845. The van der Waals surface area contributed by atoms with Gasteiger partial charge < -0.3 is 24.0 Å². The van der Waals surface area contributed by atoms with Crippen LogP contribution in [0.5, 0.6) is 0 Å². The maximum absolute atomic E-state index is 2.08. The topological polar surface area (TPSA) is 3.88 Å². The summed E-state index contributed by atoms with van der Waals surface area (Å²) >= 11 is 0. The van der Waals surface area contributed by atoms with Gasteiger partial charge in [-0.05, 0) is 0 Å². The van der Waals surface area contributed by atoms with Crippen LogP contribution in [0.2, 0.25) is 0 Å². The zero-order valence-corrected chi connectivity index (χ0v) is 9.26. The predicted molar refractivity (Wildman–Crippen MR) is 48.0 cm³/mol. The van der Waals surface area contributed by atoms with Crippen LogP contribution in [0.15, 0.2) is 60.9 Å². The molecule has 1 heterocycles. The standard InChI is InChI=1S/C11H10N.HI/c1-3-7-11(8-4-1)12-9-5-2-6-10-12;/h1-10H;1H/q+1;/p-1. The Bertz CT molecular complexity index is 307. The van der Waals surface area contributed by atoms with Crippen LogP contribution in [-0.4, -0.2) is 0 Å². The third-order valence-corrected chi connectivity index (χ3v) is 1.77. The van der Waals surface area contributed by atoms with Crippen LogP contribution in [0.4, 0.5) is 0 Å². The molecule has 0 aliphatic heterocycles. The van der Waals surface area contributed by atoms with Crippen LogP contribution in [0, 0.1) is 0 Å². The lowest BCUT2D eigenvalue weighted by molar-refractivity contribution is -0.595. The molecule has 0 fully saturated rings. The van der Waals surface area contributed by atoms with Gasteiger partial charge in [-0.3, -0.25) is 0 Å². The molecule has 0 amide bonds. The van der Waals surface area contributed by atoms with Crippen molar-refractivity contribution in [2.45, 2.75) is 0 Å². The van der Waals surface area contributed by atoms with Crippen molar-refractivity contribution in [3.8, 4) is 5.69 Å². The molecule has 1 aromatic carbocycles. The summed E-state index contributed by atoms with van der Waals surface area (Å²) in [7, 11) is 0. The van der Waals surface area contributed by atoms with Crippen molar-refractivity contribution in [3.05, 3.63) is 60.9 Å². The van der Waals surface area contributed by atoms with Crippen LogP contribution in [0.1, 0.15) is 0 Å². The zero-order chi connectivity index (χ0) is 8.23. The van der Waals surface area contributed by atoms with Gasteiger partial charge in [0, 0.05) is 24.3 Å². The average molecular weight is 283 g/mol. The molecular weight excluding hydrogens is 273 g/mol. The molecule has 2 rings (SSSR count). The summed E-state index contributed by atoms with van der Waals surface area (Å²) in [6.07, 6.45) is 4.07. The molecule has 0 unspecified atom stereocenters. The maximum atomic E-state index is 2.08. The summed E-state index contributed by atoms with van der Waals surface area (Å²) in [4.78, 5) is 0. The van der Waals surface area contributed by atoms with Crippen LogP contribution in [-0.2, 0) is 0 Å². The first kappa shape index (κ1) is 10.2. The van der Waals surface area contributed by atoms with Gasteiger partial charge in [-0.15, -0.1) is 0 Å². The van der Waals surface area contributed by atoms with Crippen molar-refractivity contribution in [1.29, 1.82) is 0 Å². The number of hydrogen-bond donors (Lipinski definition) is 0. The zero-order valence-electron chi connectivity index (χ0n) is 7.10. The summed E-state index contributed by atoms with van der Waals surface area (Å²) < 4.78 is 2.08. The van der Waals surface area contributed by atoms with Gasteiger partial charge in [0.2, 0.25) is 5.69 Å². The monoisotopic (exact) mass is 283 g/mol.